The zero-order valence-electron chi connectivity index (χ0n) is 10.7. The fourth-order valence-electron chi connectivity index (χ4n) is 1.72. The molecule has 2 aromatic heterocycles. The molecule has 0 saturated heterocycles. The Bertz CT molecular complexity index is 760. The van der Waals surface area contributed by atoms with E-state index in [1.54, 1.807) is 7.05 Å². The average Bonchev–Trinajstić information content (AvgIpc) is 3.07. The monoisotopic (exact) mass is 288 g/mol. The predicted molar refractivity (Wildman–Crippen MR) is 75.3 cm³/mol. The molecular weight excluding hydrogens is 276 g/mol. The first-order valence-corrected chi connectivity index (χ1v) is 6.98. The van der Waals surface area contributed by atoms with Crippen LogP contribution in [0, 0.1) is 0 Å². The van der Waals surface area contributed by atoms with Crippen LogP contribution in [0.15, 0.2) is 50.9 Å². The third-order valence-corrected chi connectivity index (χ3v) is 3.87. The average molecular weight is 288 g/mol. The number of benzene rings is 1. The van der Waals surface area contributed by atoms with Gasteiger partial charge >= 0.3 is 5.69 Å². The van der Waals surface area contributed by atoms with E-state index in [4.69, 9.17) is 4.52 Å². The van der Waals surface area contributed by atoms with Gasteiger partial charge in [0.1, 0.15) is 0 Å². The topological polar surface area (TPSA) is 76.7 Å². The van der Waals surface area contributed by atoms with Gasteiger partial charge in [0, 0.05) is 24.4 Å². The van der Waals surface area contributed by atoms with Gasteiger partial charge in [0.05, 0.1) is 5.69 Å². The van der Waals surface area contributed by atoms with Crippen molar-refractivity contribution in [2.75, 3.05) is 0 Å². The van der Waals surface area contributed by atoms with Crippen molar-refractivity contribution in [3.8, 4) is 11.3 Å². The van der Waals surface area contributed by atoms with E-state index in [9.17, 15) is 4.79 Å². The summed E-state index contributed by atoms with van der Waals surface area (Å²) in [6.45, 7) is 0. The van der Waals surface area contributed by atoms with Crippen molar-refractivity contribution in [3.05, 3.63) is 52.6 Å². The van der Waals surface area contributed by atoms with Gasteiger partial charge in [0.2, 0.25) is 0 Å². The Morgan fingerprint density at radius 2 is 2.15 bits per heavy atom. The van der Waals surface area contributed by atoms with E-state index < -0.39 is 0 Å². The molecule has 0 aliphatic heterocycles. The zero-order valence-corrected chi connectivity index (χ0v) is 11.6. The zero-order chi connectivity index (χ0) is 13.9. The van der Waals surface area contributed by atoms with Crippen LogP contribution >= 0.6 is 11.8 Å². The lowest BCUT2D eigenvalue weighted by Gasteiger charge is -1.95. The molecule has 1 aromatic carbocycles. The number of aromatic nitrogens is 4. The third kappa shape index (κ3) is 2.53. The van der Waals surface area contributed by atoms with Crippen LogP contribution in [0.25, 0.3) is 11.3 Å². The summed E-state index contributed by atoms with van der Waals surface area (Å²) in [4.78, 5) is 11.2. The highest BCUT2D eigenvalue weighted by Gasteiger charge is 2.09. The summed E-state index contributed by atoms with van der Waals surface area (Å²) < 4.78 is 6.78. The van der Waals surface area contributed by atoms with Crippen molar-refractivity contribution in [2.45, 2.75) is 10.9 Å². The fourth-order valence-corrected chi connectivity index (χ4v) is 2.52. The van der Waals surface area contributed by atoms with E-state index in [0.717, 1.165) is 17.0 Å². The number of hydrogen-bond acceptors (Lipinski definition) is 5. The van der Waals surface area contributed by atoms with Crippen LogP contribution < -0.4 is 5.69 Å². The molecular formula is C13H12N4O2S. The molecule has 6 nitrogen and oxygen atoms in total. The van der Waals surface area contributed by atoms with Gasteiger partial charge in [0.15, 0.2) is 10.9 Å². The molecule has 0 aliphatic rings. The first kappa shape index (κ1) is 12.7. The third-order valence-electron chi connectivity index (χ3n) is 2.81. The van der Waals surface area contributed by atoms with Crippen molar-refractivity contribution in [1.82, 2.24) is 19.9 Å². The van der Waals surface area contributed by atoms with Crippen molar-refractivity contribution in [1.29, 1.82) is 0 Å². The van der Waals surface area contributed by atoms with Crippen LogP contribution in [0.5, 0.6) is 0 Å². The summed E-state index contributed by atoms with van der Waals surface area (Å²) in [5.41, 5.74) is 1.57. The molecule has 0 amide bonds. The minimum atomic E-state index is -0.224. The molecule has 1 N–H and O–H groups in total. The van der Waals surface area contributed by atoms with Crippen LogP contribution in [-0.4, -0.2) is 19.9 Å². The molecule has 0 saturated carbocycles. The molecule has 0 aliphatic carbocycles. The van der Waals surface area contributed by atoms with Crippen LogP contribution in [0.2, 0.25) is 0 Å². The van der Waals surface area contributed by atoms with Gasteiger partial charge in [-0.2, -0.15) is 0 Å². The maximum Gasteiger partial charge on any atom is 0.343 e. The second-order valence-electron chi connectivity index (χ2n) is 4.21. The summed E-state index contributed by atoms with van der Waals surface area (Å²) in [6.07, 6.45) is 0. The smallest absolute Gasteiger partial charge is 0.343 e. The fraction of sp³-hybridized carbons (Fsp3) is 0.154. The van der Waals surface area contributed by atoms with E-state index in [1.165, 1.54) is 16.3 Å². The van der Waals surface area contributed by atoms with E-state index in [-0.39, 0.29) is 5.69 Å². The molecule has 3 aromatic rings. The molecule has 0 fully saturated rings. The maximum absolute atomic E-state index is 11.2. The van der Waals surface area contributed by atoms with E-state index >= 15 is 0 Å². The molecule has 7 heteroatoms. The van der Waals surface area contributed by atoms with Gasteiger partial charge in [-0.1, -0.05) is 47.3 Å². The lowest BCUT2D eigenvalue weighted by atomic mass is 10.2. The SMILES string of the molecule is Cn1c(SCc2cc(-c3ccccc3)on2)n[nH]c1=O. The number of aromatic amines is 1. The van der Waals surface area contributed by atoms with Crippen LogP contribution in [0.1, 0.15) is 5.69 Å². The summed E-state index contributed by atoms with van der Waals surface area (Å²) in [7, 11) is 1.67. The summed E-state index contributed by atoms with van der Waals surface area (Å²) in [5.74, 6) is 1.33. The molecule has 0 bridgehead atoms. The lowest BCUT2D eigenvalue weighted by Crippen LogP contribution is -2.12. The number of hydrogen-bond donors (Lipinski definition) is 1. The van der Waals surface area contributed by atoms with Crippen molar-refractivity contribution in [2.24, 2.45) is 7.05 Å². The predicted octanol–water partition coefficient (Wildman–Crippen LogP) is 2.06. The molecule has 0 unspecified atom stereocenters. The van der Waals surface area contributed by atoms with E-state index in [0.29, 0.717) is 10.9 Å². The Morgan fingerprint density at radius 3 is 2.85 bits per heavy atom. The van der Waals surface area contributed by atoms with Gasteiger partial charge in [-0.25, -0.2) is 9.89 Å². The minimum Gasteiger partial charge on any atom is -0.356 e. The summed E-state index contributed by atoms with van der Waals surface area (Å²) in [6, 6.07) is 11.7. The maximum atomic E-state index is 11.2. The quantitative estimate of drug-likeness (QED) is 0.744. The largest absolute Gasteiger partial charge is 0.356 e. The Balaban J connectivity index is 1.72. The van der Waals surface area contributed by atoms with Gasteiger partial charge in [0.25, 0.3) is 0 Å². The van der Waals surface area contributed by atoms with Crippen molar-refractivity contribution in [3.63, 3.8) is 0 Å². The highest BCUT2D eigenvalue weighted by molar-refractivity contribution is 7.98. The standard InChI is InChI=1S/C13H12N4O2S/c1-17-12(18)14-15-13(17)20-8-10-7-11(19-16-10)9-5-3-2-4-6-9/h2-7H,8H2,1H3,(H,14,18). The summed E-state index contributed by atoms with van der Waals surface area (Å²) >= 11 is 1.43. The van der Waals surface area contributed by atoms with Crippen molar-refractivity contribution < 1.29 is 4.52 Å². The van der Waals surface area contributed by atoms with Gasteiger partial charge < -0.3 is 4.52 Å². The Morgan fingerprint density at radius 1 is 1.35 bits per heavy atom. The van der Waals surface area contributed by atoms with Crippen LogP contribution in [0.3, 0.4) is 0 Å². The van der Waals surface area contributed by atoms with Gasteiger partial charge in [-0.15, -0.1) is 5.10 Å². The Labute approximate surface area is 118 Å². The highest BCUT2D eigenvalue weighted by atomic mass is 32.2. The van der Waals surface area contributed by atoms with Crippen LogP contribution in [-0.2, 0) is 12.8 Å². The number of thioether (sulfide) groups is 1. The number of H-pyrrole nitrogens is 1. The molecule has 3 rings (SSSR count). The molecule has 102 valence electrons. The minimum absolute atomic E-state index is 0.224. The summed E-state index contributed by atoms with van der Waals surface area (Å²) in [5, 5.41) is 11.0. The van der Waals surface area contributed by atoms with E-state index in [2.05, 4.69) is 15.4 Å². The van der Waals surface area contributed by atoms with E-state index in [1.807, 2.05) is 36.4 Å². The molecule has 0 spiro atoms. The number of rotatable bonds is 4. The first-order valence-electron chi connectivity index (χ1n) is 5.99. The lowest BCUT2D eigenvalue weighted by molar-refractivity contribution is 0.426. The van der Waals surface area contributed by atoms with Gasteiger partial charge in [-0.05, 0) is 0 Å². The van der Waals surface area contributed by atoms with Crippen molar-refractivity contribution >= 4 is 11.8 Å². The van der Waals surface area contributed by atoms with Gasteiger partial charge in [-0.3, -0.25) is 4.57 Å². The normalized spacial score (nSPS) is 10.8. The second kappa shape index (κ2) is 5.38. The number of nitrogens with one attached hydrogen (secondary N) is 1. The first-order chi connectivity index (χ1) is 9.74. The molecule has 0 radical (unpaired) electrons. The molecule has 2 heterocycles. The van der Waals surface area contributed by atoms with Crippen LogP contribution in [0.4, 0.5) is 0 Å². The Hall–Kier alpha value is -2.28. The second-order valence-corrected chi connectivity index (χ2v) is 5.15. The molecule has 0 atom stereocenters. The molecule has 20 heavy (non-hydrogen) atoms. The highest BCUT2D eigenvalue weighted by Crippen LogP contribution is 2.23. The Kier molecular flexibility index (Phi) is 3.42. The number of nitrogens with zero attached hydrogens (tertiary/aromatic N) is 3.